The molecule has 1 fully saturated rings. The zero-order valence-corrected chi connectivity index (χ0v) is 11.5. The molecule has 3 heteroatoms. The summed E-state index contributed by atoms with van der Waals surface area (Å²) in [6.07, 6.45) is 4.49. The zero-order valence-electron chi connectivity index (χ0n) is 11.5. The molecule has 1 saturated heterocycles. The van der Waals surface area contributed by atoms with E-state index in [2.05, 4.69) is 39.9 Å². The molecule has 0 aromatic rings. The number of hydroxylamine groups is 2. The molecule has 0 saturated carbocycles. The summed E-state index contributed by atoms with van der Waals surface area (Å²) in [5, 5.41) is 15.3. The normalized spacial score (nSPS) is 25.9. The molecule has 1 heterocycles. The molecule has 0 bridgehead atoms. The van der Waals surface area contributed by atoms with E-state index in [0.717, 1.165) is 19.4 Å². The highest BCUT2D eigenvalue weighted by Gasteiger charge is 2.44. The first-order valence-electron chi connectivity index (χ1n) is 6.52. The Balaban J connectivity index is 2.57. The van der Waals surface area contributed by atoms with Crippen LogP contribution in [-0.2, 0) is 0 Å². The lowest BCUT2D eigenvalue weighted by atomic mass is 9.79. The van der Waals surface area contributed by atoms with Gasteiger partial charge in [0.05, 0.1) is 0 Å². The molecule has 0 aromatic carbocycles. The Kier molecular flexibility index (Phi) is 4.38. The maximum absolute atomic E-state index is 10.2. The van der Waals surface area contributed by atoms with E-state index in [1.54, 1.807) is 0 Å². The number of hydrogen-bond donors (Lipinski definition) is 2. The maximum atomic E-state index is 10.2. The first-order chi connectivity index (χ1) is 7.29. The van der Waals surface area contributed by atoms with Gasteiger partial charge in [-0.1, -0.05) is 13.3 Å². The van der Waals surface area contributed by atoms with Crippen molar-refractivity contribution in [2.75, 3.05) is 6.54 Å². The van der Waals surface area contributed by atoms with Crippen molar-refractivity contribution >= 4 is 0 Å². The van der Waals surface area contributed by atoms with E-state index in [1.165, 1.54) is 17.9 Å². The van der Waals surface area contributed by atoms with Gasteiger partial charge in [0.2, 0.25) is 0 Å². The smallest absolute Gasteiger partial charge is 0.0425 e. The number of hydrogen-bond acceptors (Lipinski definition) is 3. The van der Waals surface area contributed by atoms with Gasteiger partial charge in [0.15, 0.2) is 0 Å². The first kappa shape index (κ1) is 13.9. The Hall–Kier alpha value is -0.120. The molecule has 3 nitrogen and oxygen atoms in total. The second-order valence-electron chi connectivity index (χ2n) is 6.35. The van der Waals surface area contributed by atoms with Crippen molar-refractivity contribution in [2.24, 2.45) is 0 Å². The Bertz CT molecular complexity index is 208. The molecule has 0 spiro atoms. The minimum absolute atomic E-state index is 0.133. The van der Waals surface area contributed by atoms with Gasteiger partial charge in [0.25, 0.3) is 0 Å². The van der Waals surface area contributed by atoms with E-state index in [4.69, 9.17) is 0 Å². The Morgan fingerprint density at radius 1 is 1.19 bits per heavy atom. The van der Waals surface area contributed by atoms with Crippen LogP contribution in [0.15, 0.2) is 0 Å². The molecular weight excluding hydrogens is 200 g/mol. The van der Waals surface area contributed by atoms with Crippen LogP contribution < -0.4 is 5.32 Å². The molecule has 96 valence electrons. The molecule has 1 aliphatic heterocycles. The van der Waals surface area contributed by atoms with Crippen LogP contribution in [-0.4, -0.2) is 33.9 Å². The highest BCUT2D eigenvalue weighted by atomic mass is 16.5. The third-order valence-electron chi connectivity index (χ3n) is 3.60. The van der Waals surface area contributed by atoms with Crippen LogP contribution in [0.5, 0.6) is 0 Å². The largest absolute Gasteiger partial charge is 0.314 e. The van der Waals surface area contributed by atoms with E-state index < -0.39 is 0 Å². The van der Waals surface area contributed by atoms with Crippen molar-refractivity contribution in [3.8, 4) is 0 Å². The van der Waals surface area contributed by atoms with Crippen LogP contribution in [0.1, 0.15) is 60.3 Å². The lowest BCUT2D eigenvalue weighted by Gasteiger charge is -2.51. The summed E-state index contributed by atoms with van der Waals surface area (Å²) in [5.74, 6) is 0. The van der Waals surface area contributed by atoms with Gasteiger partial charge in [-0.25, -0.2) is 0 Å². The fraction of sp³-hybridized carbons (Fsp3) is 1.00. The Labute approximate surface area is 100 Å². The van der Waals surface area contributed by atoms with Gasteiger partial charge < -0.3 is 10.5 Å². The lowest BCUT2D eigenvalue weighted by molar-refractivity contribution is -0.246. The molecule has 0 amide bonds. The fourth-order valence-corrected chi connectivity index (χ4v) is 2.90. The zero-order chi connectivity index (χ0) is 12.4. The van der Waals surface area contributed by atoms with Crippen LogP contribution in [0.2, 0.25) is 0 Å². The van der Waals surface area contributed by atoms with Crippen molar-refractivity contribution in [3.63, 3.8) is 0 Å². The van der Waals surface area contributed by atoms with Crippen LogP contribution in [0.3, 0.4) is 0 Å². The lowest BCUT2D eigenvalue weighted by Crippen LogP contribution is -2.62. The third-order valence-corrected chi connectivity index (χ3v) is 3.60. The number of piperidine rings is 1. The molecule has 0 radical (unpaired) electrons. The van der Waals surface area contributed by atoms with Crippen LogP contribution >= 0.6 is 0 Å². The predicted molar refractivity (Wildman–Crippen MR) is 67.7 cm³/mol. The van der Waals surface area contributed by atoms with Gasteiger partial charge in [-0.15, -0.1) is 0 Å². The minimum Gasteiger partial charge on any atom is -0.314 e. The first-order valence-corrected chi connectivity index (χ1v) is 6.52. The quantitative estimate of drug-likeness (QED) is 0.726. The monoisotopic (exact) mass is 228 g/mol. The number of rotatable bonds is 4. The summed E-state index contributed by atoms with van der Waals surface area (Å²) in [6.45, 7) is 11.8. The molecular formula is C13H28N2O. The van der Waals surface area contributed by atoms with E-state index >= 15 is 0 Å². The highest BCUT2D eigenvalue weighted by Crippen LogP contribution is 2.36. The Morgan fingerprint density at radius 3 is 2.12 bits per heavy atom. The molecule has 2 N–H and O–H groups in total. The van der Waals surface area contributed by atoms with Gasteiger partial charge in [-0.2, -0.15) is 5.06 Å². The number of nitrogens with one attached hydrogen (secondary N) is 1. The summed E-state index contributed by atoms with van der Waals surface area (Å²) in [6, 6.07) is 0.528. The van der Waals surface area contributed by atoms with E-state index in [-0.39, 0.29) is 11.1 Å². The summed E-state index contributed by atoms with van der Waals surface area (Å²) < 4.78 is 0. The fourth-order valence-electron chi connectivity index (χ4n) is 2.90. The van der Waals surface area contributed by atoms with Gasteiger partial charge in [-0.3, -0.25) is 0 Å². The van der Waals surface area contributed by atoms with Gasteiger partial charge >= 0.3 is 0 Å². The molecule has 0 atom stereocenters. The standard InChI is InChI=1S/C13H28N2O/c1-6-7-8-14-11-9-12(2,3)15(16)13(4,5)10-11/h11,14,16H,6-10H2,1-5H3. The van der Waals surface area contributed by atoms with Crippen LogP contribution in [0, 0.1) is 0 Å². The van der Waals surface area contributed by atoms with Crippen molar-refractivity contribution < 1.29 is 5.21 Å². The van der Waals surface area contributed by atoms with Crippen molar-refractivity contribution in [3.05, 3.63) is 0 Å². The molecule has 0 aliphatic carbocycles. The predicted octanol–water partition coefficient (Wildman–Crippen LogP) is 2.79. The number of unbranched alkanes of at least 4 members (excludes halogenated alkanes) is 1. The van der Waals surface area contributed by atoms with Crippen LogP contribution in [0.25, 0.3) is 0 Å². The average Bonchev–Trinajstić information content (AvgIpc) is 2.14. The van der Waals surface area contributed by atoms with Gasteiger partial charge in [0.1, 0.15) is 0 Å². The summed E-state index contributed by atoms with van der Waals surface area (Å²) in [7, 11) is 0. The molecule has 0 aromatic heterocycles. The SMILES string of the molecule is CCCCNC1CC(C)(C)N(O)C(C)(C)C1. The number of nitrogens with zero attached hydrogens (tertiary/aromatic N) is 1. The van der Waals surface area contributed by atoms with E-state index in [9.17, 15) is 5.21 Å². The summed E-state index contributed by atoms with van der Waals surface area (Å²) >= 11 is 0. The minimum atomic E-state index is -0.133. The third kappa shape index (κ3) is 3.19. The summed E-state index contributed by atoms with van der Waals surface area (Å²) in [5.41, 5.74) is -0.267. The van der Waals surface area contributed by atoms with Crippen LogP contribution in [0.4, 0.5) is 0 Å². The highest BCUT2D eigenvalue weighted by molar-refractivity contribution is 4.98. The topological polar surface area (TPSA) is 35.5 Å². The van der Waals surface area contributed by atoms with Crippen molar-refractivity contribution in [1.82, 2.24) is 10.4 Å². The summed E-state index contributed by atoms with van der Waals surface area (Å²) in [4.78, 5) is 0. The maximum Gasteiger partial charge on any atom is 0.0425 e. The molecule has 16 heavy (non-hydrogen) atoms. The van der Waals surface area contributed by atoms with Gasteiger partial charge in [-0.05, 0) is 53.5 Å². The second-order valence-corrected chi connectivity index (χ2v) is 6.35. The van der Waals surface area contributed by atoms with E-state index in [0.29, 0.717) is 6.04 Å². The van der Waals surface area contributed by atoms with Gasteiger partial charge in [0, 0.05) is 17.1 Å². The van der Waals surface area contributed by atoms with Crippen molar-refractivity contribution in [1.29, 1.82) is 0 Å². The molecule has 0 unspecified atom stereocenters. The molecule has 1 aliphatic rings. The Morgan fingerprint density at radius 2 is 1.69 bits per heavy atom. The van der Waals surface area contributed by atoms with E-state index in [1.807, 2.05) is 0 Å². The van der Waals surface area contributed by atoms with Crippen molar-refractivity contribution in [2.45, 2.75) is 77.4 Å². The second kappa shape index (κ2) is 5.03. The molecule has 1 rings (SSSR count). The average molecular weight is 228 g/mol.